The Morgan fingerprint density at radius 1 is 1.12 bits per heavy atom. The third-order valence-corrected chi connectivity index (χ3v) is 13.0. The summed E-state index contributed by atoms with van der Waals surface area (Å²) in [6, 6.07) is 9.27. The molecule has 58 heavy (non-hydrogen) atoms. The number of piperazine rings is 1. The first-order valence-corrected chi connectivity index (χ1v) is 21.5. The summed E-state index contributed by atoms with van der Waals surface area (Å²) in [7, 11) is 3.48. The molecule has 0 amide bonds. The number of benzene rings is 1. The number of ether oxygens (including phenoxy) is 4. The summed E-state index contributed by atoms with van der Waals surface area (Å²) >= 11 is 0. The molecule has 3 unspecified atom stereocenters. The van der Waals surface area contributed by atoms with E-state index in [1.807, 2.05) is 6.20 Å². The lowest BCUT2D eigenvalue weighted by Gasteiger charge is -2.58. The number of esters is 1. The Hall–Kier alpha value is -3.59. The van der Waals surface area contributed by atoms with Crippen LogP contribution in [0.1, 0.15) is 71.2 Å². The van der Waals surface area contributed by atoms with Gasteiger partial charge in [-0.2, -0.15) is 0 Å². The molecule has 4 fully saturated rings. The fraction of sp³-hybridized carbons (Fsp3) is 0.667. The Morgan fingerprint density at radius 3 is 2.47 bits per heavy atom. The highest BCUT2D eigenvalue weighted by Crippen LogP contribution is 2.44. The first-order chi connectivity index (χ1) is 27.9. The van der Waals surface area contributed by atoms with Gasteiger partial charge in [-0.1, -0.05) is 13.8 Å². The number of carbonyl (C=O) groups is 2. The van der Waals surface area contributed by atoms with Crippen LogP contribution in [0.3, 0.4) is 0 Å². The summed E-state index contributed by atoms with van der Waals surface area (Å²) < 4.78 is 25.2. The van der Waals surface area contributed by atoms with Crippen molar-refractivity contribution in [2.24, 2.45) is 16.6 Å². The second-order valence-corrected chi connectivity index (χ2v) is 18.1. The summed E-state index contributed by atoms with van der Waals surface area (Å²) in [5, 5.41) is 1.16. The number of carbonyl (C=O) groups excluding carboxylic acids is 2. The Morgan fingerprint density at radius 2 is 1.86 bits per heavy atom. The van der Waals surface area contributed by atoms with Crippen molar-refractivity contribution in [2.45, 2.75) is 91.1 Å². The van der Waals surface area contributed by atoms with Crippen molar-refractivity contribution >= 4 is 34.5 Å². The topological polar surface area (TPSA) is 128 Å². The number of hydrogen-bond acceptors (Lipinski definition) is 12. The number of aryl methyl sites for hydroxylation is 1. The Bertz CT molecular complexity index is 1890. The number of fused-ring (bicyclic) bond motifs is 1. The Labute approximate surface area is 345 Å². The van der Waals surface area contributed by atoms with E-state index in [0.29, 0.717) is 32.7 Å². The molecular weight excluding hydrogens is 735 g/mol. The second kappa shape index (κ2) is 17.9. The van der Waals surface area contributed by atoms with Gasteiger partial charge in [-0.05, 0) is 69.4 Å². The molecule has 0 bridgehead atoms. The highest BCUT2D eigenvalue weighted by atomic mass is 16.5. The van der Waals surface area contributed by atoms with E-state index in [0.717, 1.165) is 117 Å². The minimum absolute atomic E-state index is 0.0550. The second-order valence-electron chi connectivity index (χ2n) is 18.1. The summed E-state index contributed by atoms with van der Waals surface area (Å²) in [5.74, 6) is -0.280. The highest BCUT2D eigenvalue weighted by Gasteiger charge is 2.51. The van der Waals surface area contributed by atoms with Crippen LogP contribution in [0.15, 0.2) is 30.5 Å². The number of aromatic nitrogens is 2. The van der Waals surface area contributed by atoms with Gasteiger partial charge in [-0.15, -0.1) is 0 Å². The van der Waals surface area contributed by atoms with Gasteiger partial charge in [0.25, 0.3) is 0 Å². The van der Waals surface area contributed by atoms with E-state index < -0.39 is 6.04 Å². The quantitative estimate of drug-likeness (QED) is 0.123. The van der Waals surface area contributed by atoms with Gasteiger partial charge in [-0.3, -0.25) is 19.6 Å². The van der Waals surface area contributed by atoms with E-state index >= 15 is 0 Å². The van der Waals surface area contributed by atoms with Gasteiger partial charge in [0.05, 0.1) is 61.8 Å². The third kappa shape index (κ3) is 9.10. The fourth-order valence-electron chi connectivity index (χ4n) is 9.49. The Balaban J connectivity index is 1.30. The van der Waals surface area contributed by atoms with E-state index in [1.165, 1.54) is 25.3 Å². The van der Waals surface area contributed by atoms with Crippen molar-refractivity contribution in [1.82, 2.24) is 19.4 Å². The van der Waals surface area contributed by atoms with Gasteiger partial charge in [0.1, 0.15) is 6.29 Å². The molecule has 3 aromatic rings. The molecule has 3 aliphatic heterocycles. The Kier molecular flexibility index (Phi) is 13.2. The van der Waals surface area contributed by atoms with Gasteiger partial charge in [-0.25, -0.2) is 0 Å². The molecule has 3 atom stereocenters. The van der Waals surface area contributed by atoms with E-state index in [-0.39, 0.29) is 28.9 Å². The molecule has 13 nitrogen and oxygen atoms in total. The molecule has 4 aliphatic rings. The van der Waals surface area contributed by atoms with Crippen molar-refractivity contribution < 1.29 is 28.5 Å². The lowest BCUT2D eigenvalue weighted by molar-refractivity contribution is -0.199. The molecule has 3 saturated heterocycles. The minimum Gasteiger partial charge on any atom is -0.465 e. The van der Waals surface area contributed by atoms with E-state index in [9.17, 15) is 9.59 Å². The average Bonchev–Trinajstić information content (AvgIpc) is 4.00. The highest BCUT2D eigenvalue weighted by molar-refractivity contribution is 5.95. The fourth-order valence-corrected chi connectivity index (χ4v) is 9.49. The SMILES string of the molecule is CCn1c(-c2cc(N3CCN(C4CC4)CC3)cnc2C(C)OC)c(CC(C)(C)COC(C)=O)c2cc(N(CCOC)CCC(C(N)C=O)N3CC4(COC4)C3)ccc21. The molecular formula is C45H67N7O6. The van der Waals surface area contributed by atoms with Crippen LogP contribution in [0.25, 0.3) is 22.2 Å². The molecule has 0 radical (unpaired) electrons. The molecule has 5 heterocycles. The zero-order valence-corrected chi connectivity index (χ0v) is 36.0. The summed E-state index contributed by atoms with van der Waals surface area (Å²) in [6.45, 7) is 20.6. The van der Waals surface area contributed by atoms with Gasteiger partial charge in [0.15, 0.2) is 0 Å². The number of nitrogens with zero attached hydrogens (tertiary/aromatic N) is 6. The average molecular weight is 802 g/mol. The van der Waals surface area contributed by atoms with Crippen molar-refractivity contribution in [3.8, 4) is 11.3 Å². The maximum absolute atomic E-state index is 12.1. The van der Waals surface area contributed by atoms with E-state index in [2.05, 4.69) is 76.1 Å². The lowest BCUT2D eigenvalue weighted by Crippen LogP contribution is -2.70. The zero-order valence-electron chi connectivity index (χ0n) is 36.0. The maximum atomic E-state index is 12.1. The van der Waals surface area contributed by atoms with Gasteiger partial charge in [0, 0.05) is 125 Å². The van der Waals surface area contributed by atoms with Crippen molar-refractivity contribution in [3.05, 3.63) is 41.7 Å². The smallest absolute Gasteiger partial charge is 0.302 e. The molecule has 2 N–H and O–H groups in total. The zero-order chi connectivity index (χ0) is 41.2. The van der Waals surface area contributed by atoms with Crippen LogP contribution in [0, 0.1) is 10.8 Å². The van der Waals surface area contributed by atoms with Crippen molar-refractivity contribution in [2.75, 3.05) is 103 Å². The van der Waals surface area contributed by atoms with Crippen LogP contribution in [-0.2, 0) is 41.5 Å². The van der Waals surface area contributed by atoms with Crippen LogP contribution in [0.4, 0.5) is 11.4 Å². The van der Waals surface area contributed by atoms with Gasteiger partial charge >= 0.3 is 5.97 Å². The van der Waals surface area contributed by atoms with Crippen LogP contribution in [-0.4, -0.2) is 143 Å². The largest absolute Gasteiger partial charge is 0.465 e. The molecule has 7 rings (SSSR count). The normalized spacial score (nSPS) is 20.1. The first kappa shape index (κ1) is 42.5. The van der Waals surface area contributed by atoms with Crippen molar-refractivity contribution in [3.63, 3.8) is 0 Å². The number of nitrogens with two attached hydrogens (primary N) is 1. The lowest BCUT2D eigenvalue weighted by atomic mass is 9.76. The van der Waals surface area contributed by atoms with Crippen LogP contribution in [0.2, 0.25) is 0 Å². The van der Waals surface area contributed by atoms with Crippen LogP contribution < -0.4 is 15.5 Å². The number of likely N-dealkylation sites (tertiary alicyclic amines) is 1. The number of aldehydes is 1. The first-order valence-electron chi connectivity index (χ1n) is 21.5. The molecule has 318 valence electrons. The number of pyridine rings is 1. The van der Waals surface area contributed by atoms with Crippen LogP contribution in [0.5, 0.6) is 0 Å². The molecule has 1 spiro atoms. The van der Waals surface area contributed by atoms with Gasteiger partial charge in [0.2, 0.25) is 0 Å². The molecule has 2 aromatic heterocycles. The molecule has 1 aromatic carbocycles. The monoisotopic (exact) mass is 802 g/mol. The van der Waals surface area contributed by atoms with Crippen molar-refractivity contribution in [1.29, 1.82) is 0 Å². The standard InChI is InChI=1S/C45H67N7O6/c1-8-52-40-12-11-34(48(19-20-55-6)14-13-41(39(46)25-53)51-26-45(27-51)29-57-30-45)21-36(40)38(23-44(4,5)28-58-32(3)54)43(52)37-22-35(24-47-42(37)31(2)56-7)50-17-15-49(16-18-50)33-9-10-33/h11-12,21-22,24-25,31,33,39,41H,8-10,13-20,23,26-30,46H2,1-7H3. The maximum Gasteiger partial charge on any atom is 0.302 e. The van der Waals surface area contributed by atoms with Gasteiger partial charge < -0.3 is 43.8 Å². The third-order valence-electron chi connectivity index (χ3n) is 13.0. The molecule has 1 saturated carbocycles. The summed E-state index contributed by atoms with van der Waals surface area (Å²) in [5.41, 5.74) is 14.0. The number of anilines is 2. The minimum atomic E-state index is -0.563. The number of hydrogen-bond donors (Lipinski definition) is 1. The molecule has 13 heteroatoms. The number of rotatable bonds is 20. The predicted molar refractivity (Wildman–Crippen MR) is 229 cm³/mol. The molecule has 1 aliphatic carbocycles. The van der Waals surface area contributed by atoms with E-state index in [4.69, 9.17) is 29.7 Å². The van der Waals surface area contributed by atoms with Crippen LogP contribution >= 0.6 is 0 Å². The predicted octanol–water partition coefficient (Wildman–Crippen LogP) is 4.92. The summed E-state index contributed by atoms with van der Waals surface area (Å²) in [6.07, 6.45) is 6.75. The summed E-state index contributed by atoms with van der Waals surface area (Å²) in [4.78, 5) is 39.2. The number of methoxy groups -OCH3 is 2. The van der Waals surface area contributed by atoms with E-state index in [1.54, 1.807) is 14.2 Å².